The van der Waals surface area contributed by atoms with Crippen molar-refractivity contribution in [1.82, 2.24) is 5.32 Å². The lowest BCUT2D eigenvalue weighted by Crippen LogP contribution is -2.93. The van der Waals surface area contributed by atoms with Crippen LogP contribution in [0.2, 0.25) is 0 Å². The molecule has 1 heterocycles. The Hall–Kier alpha value is -2.86. The number of fused-ring (bicyclic) bond motifs is 1. The minimum Gasteiger partial charge on any atom is -0.497 e. The van der Waals surface area contributed by atoms with E-state index in [1.807, 2.05) is 30.3 Å². The molecule has 0 aromatic heterocycles. The SMILES string of the molecule is COc1cccc(NC(=O)C2CCC(CNC(=O)[C@@H]3Cc4ccccc4C[NH2+]3)CC2)c1. The van der Waals surface area contributed by atoms with Crippen LogP contribution >= 0.6 is 0 Å². The summed E-state index contributed by atoms with van der Waals surface area (Å²) in [5, 5.41) is 8.31. The van der Waals surface area contributed by atoms with Crippen molar-refractivity contribution in [3.63, 3.8) is 0 Å². The number of hydrogen-bond acceptors (Lipinski definition) is 3. The average molecular weight is 423 g/mol. The van der Waals surface area contributed by atoms with Gasteiger partial charge in [0.1, 0.15) is 12.3 Å². The largest absolute Gasteiger partial charge is 0.497 e. The molecule has 0 bridgehead atoms. The van der Waals surface area contributed by atoms with Crippen LogP contribution in [-0.4, -0.2) is 31.5 Å². The first-order chi connectivity index (χ1) is 15.1. The zero-order chi connectivity index (χ0) is 21.6. The predicted molar refractivity (Wildman–Crippen MR) is 120 cm³/mol. The Bertz CT molecular complexity index is 922. The summed E-state index contributed by atoms with van der Waals surface area (Å²) in [4.78, 5) is 25.3. The summed E-state index contributed by atoms with van der Waals surface area (Å²) in [7, 11) is 1.62. The maximum Gasteiger partial charge on any atom is 0.278 e. The predicted octanol–water partition coefficient (Wildman–Crippen LogP) is 2.24. The fraction of sp³-hybridized carbons (Fsp3) is 0.440. The van der Waals surface area contributed by atoms with E-state index in [0.29, 0.717) is 12.5 Å². The van der Waals surface area contributed by atoms with Crippen LogP contribution in [0.1, 0.15) is 36.8 Å². The summed E-state index contributed by atoms with van der Waals surface area (Å²) in [5.41, 5.74) is 3.38. The second-order valence-electron chi connectivity index (χ2n) is 8.70. The number of nitrogens with one attached hydrogen (secondary N) is 2. The Morgan fingerprint density at radius 2 is 1.77 bits per heavy atom. The molecule has 1 fully saturated rings. The van der Waals surface area contributed by atoms with Gasteiger partial charge in [0, 0.05) is 36.2 Å². The summed E-state index contributed by atoms with van der Waals surface area (Å²) in [6.07, 6.45) is 4.44. The fourth-order valence-corrected chi connectivity index (χ4v) is 4.69. The van der Waals surface area contributed by atoms with E-state index in [-0.39, 0.29) is 23.8 Å². The van der Waals surface area contributed by atoms with E-state index in [0.717, 1.165) is 50.1 Å². The molecule has 6 heteroatoms. The van der Waals surface area contributed by atoms with Gasteiger partial charge in [0.05, 0.1) is 7.11 Å². The van der Waals surface area contributed by atoms with Crippen molar-refractivity contribution in [3.05, 3.63) is 59.7 Å². The van der Waals surface area contributed by atoms with E-state index in [4.69, 9.17) is 4.74 Å². The molecule has 0 spiro atoms. The zero-order valence-electron chi connectivity index (χ0n) is 18.1. The first-order valence-corrected chi connectivity index (χ1v) is 11.2. The highest BCUT2D eigenvalue weighted by molar-refractivity contribution is 5.92. The van der Waals surface area contributed by atoms with E-state index in [9.17, 15) is 9.59 Å². The monoisotopic (exact) mass is 422 g/mol. The number of benzene rings is 2. The van der Waals surface area contributed by atoms with Gasteiger partial charge in [-0.1, -0.05) is 30.3 Å². The van der Waals surface area contributed by atoms with Crippen LogP contribution in [0.15, 0.2) is 48.5 Å². The van der Waals surface area contributed by atoms with Crippen molar-refractivity contribution >= 4 is 17.5 Å². The van der Waals surface area contributed by atoms with Crippen molar-refractivity contribution < 1.29 is 19.6 Å². The standard InChI is InChI=1S/C25H31N3O3/c1-31-22-8-4-7-21(14-22)28-24(29)18-11-9-17(10-12-18)15-27-25(30)23-13-19-5-2-3-6-20(19)16-26-23/h2-8,14,17-18,23,26H,9-13,15-16H2,1H3,(H,27,30)(H,28,29)/p+1/t17?,18?,23-/m0/s1. The van der Waals surface area contributed by atoms with E-state index in [2.05, 4.69) is 34.1 Å². The summed E-state index contributed by atoms with van der Waals surface area (Å²) in [6.45, 7) is 1.57. The summed E-state index contributed by atoms with van der Waals surface area (Å²) >= 11 is 0. The lowest BCUT2D eigenvalue weighted by molar-refractivity contribution is -0.695. The smallest absolute Gasteiger partial charge is 0.278 e. The number of hydrogen-bond donors (Lipinski definition) is 3. The molecule has 1 aliphatic carbocycles. The molecule has 2 aromatic rings. The highest BCUT2D eigenvalue weighted by Crippen LogP contribution is 2.29. The van der Waals surface area contributed by atoms with Crippen molar-refractivity contribution in [1.29, 1.82) is 0 Å². The molecule has 4 N–H and O–H groups in total. The number of rotatable bonds is 6. The van der Waals surface area contributed by atoms with Gasteiger partial charge in [0.2, 0.25) is 5.91 Å². The number of amides is 2. The fourth-order valence-electron chi connectivity index (χ4n) is 4.69. The molecule has 1 aliphatic heterocycles. The summed E-state index contributed by atoms with van der Waals surface area (Å²) in [6, 6.07) is 15.8. The Morgan fingerprint density at radius 3 is 2.55 bits per heavy atom. The molecule has 0 saturated heterocycles. The normalized spacial score (nSPS) is 22.8. The van der Waals surface area contributed by atoms with E-state index in [1.165, 1.54) is 11.1 Å². The van der Waals surface area contributed by atoms with Gasteiger partial charge in [-0.25, -0.2) is 0 Å². The van der Waals surface area contributed by atoms with Crippen LogP contribution in [0.3, 0.4) is 0 Å². The molecule has 0 radical (unpaired) electrons. The first-order valence-electron chi connectivity index (χ1n) is 11.2. The average Bonchev–Trinajstić information content (AvgIpc) is 2.82. The van der Waals surface area contributed by atoms with Gasteiger partial charge in [-0.15, -0.1) is 0 Å². The number of carbonyl (C=O) groups excluding carboxylic acids is 2. The molecule has 1 saturated carbocycles. The number of nitrogens with two attached hydrogens (primary N) is 1. The molecule has 31 heavy (non-hydrogen) atoms. The van der Waals surface area contributed by atoms with Gasteiger partial charge in [-0.2, -0.15) is 0 Å². The van der Waals surface area contributed by atoms with E-state index < -0.39 is 0 Å². The Labute approximate surface area is 183 Å². The maximum absolute atomic E-state index is 12.7. The maximum atomic E-state index is 12.7. The number of methoxy groups -OCH3 is 1. The van der Waals surface area contributed by atoms with Crippen LogP contribution in [0.4, 0.5) is 5.69 Å². The molecule has 6 nitrogen and oxygen atoms in total. The number of quaternary nitrogens is 1. The number of ether oxygens (including phenoxy) is 1. The van der Waals surface area contributed by atoms with Crippen LogP contribution in [0, 0.1) is 11.8 Å². The Kier molecular flexibility index (Phi) is 6.87. The minimum atomic E-state index is -0.0418. The third kappa shape index (κ3) is 5.44. The topological polar surface area (TPSA) is 84.0 Å². The highest BCUT2D eigenvalue weighted by Gasteiger charge is 2.30. The third-order valence-corrected chi connectivity index (χ3v) is 6.64. The molecule has 2 amide bonds. The van der Waals surface area contributed by atoms with Crippen LogP contribution < -0.4 is 20.7 Å². The minimum absolute atomic E-state index is 0.0290. The molecule has 4 rings (SSSR count). The van der Waals surface area contributed by atoms with Gasteiger partial charge in [-0.3, -0.25) is 9.59 Å². The van der Waals surface area contributed by atoms with Crippen molar-refractivity contribution in [2.24, 2.45) is 11.8 Å². The molecule has 164 valence electrons. The first kappa shape index (κ1) is 21.4. The van der Waals surface area contributed by atoms with Gasteiger partial charge in [-0.05, 0) is 49.3 Å². The van der Waals surface area contributed by atoms with E-state index >= 15 is 0 Å². The number of carbonyl (C=O) groups is 2. The molecule has 0 unspecified atom stereocenters. The van der Waals surface area contributed by atoms with Gasteiger partial charge in [0.25, 0.3) is 5.91 Å². The van der Waals surface area contributed by atoms with Crippen molar-refractivity contribution in [2.45, 2.75) is 44.7 Å². The van der Waals surface area contributed by atoms with Crippen LogP contribution in [0.25, 0.3) is 0 Å². The van der Waals surface area contributed by atoms with Crippen molar-refractivity contribution in [3.8, 4) is 5.75 Å². The molecule has 2 aromatic carbocycles. The van der Waals surface area contributed by atoms with E-state index in [1.54, 1.807) is 7.11 Å². The van der Waals surface area contributed by atoms with Gasteiger partial charge in [0.15, 0.2) is 6.04 Å². The Morgan fingerprint density at radius 1 is 1.00 bits per heavy atom. The van der Waals surface area contributed by atoms with Gasteiger partial charge < -0.3 is 20.7 Å². The van der Waals surface area contributed by atoms with Gasteiger partial charge >= 0.3 is 0 Å². The summed E-state index contributed by atoms with van der Waals surface area (Å²) < 4.78 is 5.22. The quantitative estimate of drug-likeness (QED) is 0.668. The Balaban J connectivity index is 1.20. The van der Waals surface area contributed by atoms with Crippen LogP contribution in [-0.2, 0) is 22.6 Å². The lowest BCUT2D eigenvalue weighted by atomic mass is 9.81. The van der Waals surface area contributed by atoms with Crippen LogP contribution in [0.5, 0.6) is 5.75 Å². The summed E-state index contributed by atoms with van der Waals surface area (Å²) in [5.74, 6) is 1.41. The second-order valence-corrected chi connectivity index (χ2v) is 8.70. The lowest BCUT2D eigenvalue weighted by Gasteiger charge is -2.28. The third-order valence-electron chi connectivity index (χ3n) is 6.64. The molecule has 1 atom stereocenters. The number of anilines is 1. The zero-order valence-corrected chi connectivity index (χ0v) is 18.1. The molecular formula is C25H32N3O3+. The molecule has 2 aliphatic rings. The van der Waals surface area contributed by atoms with Crippen molar-refractivity contribution in [2.75, 3.05) is 19.0 Å². The highest BCUT2D eigenvalue weighted by atomic mass is 16.5. The second kappa shape index (κ2) is 9.96. The molecular weight excluding hydrogens is 390 g/mol.